The Bertz CT molecular complexity index is 769. The van der Waals surface area contributed by atoms with E-state index in [0.29, 0.717) is 24.6 Å². The van der Waals surface area contributed by atoms with Gasteiger partial charge in [-0.1, -0.05) is 30.3 Å². The van der Waals surface area contributed by atoms with Crippen LogP contribution >= 0.6 is 23.1 Å². The molecule has 0 radical (unpaired) electrons. The van der Waals surface area contributed by atoms with Crippen LogP contribution < -0.4 is 10.6 Å². The van der Waals surface area contributed by atoms with Crippen LogP contribution in [0.3, 0.4) is 0 Å². The molecule has 0 spiro atoms. The first-order chi connectivity index (χ1) is 13.0. The van der Waals surface area contributed by atoms with Crippen LogP contribution in [-0.2, 0) is 11.2 Å². The highest BCUT2D eigenvalue weighted by molar-refractivity contribution is 7.99. The molecule has 27 heavy (non-hydrogen) atoms. The zero-order valence-electron chi connectivity index (χ0n) is 15.5. The molecule has 1 saturated heterocycles. The number of urea groups is 1. The van der Waals surface area contributed by atoms with E-state index in [1.807, 2.05) is 55.9 Å². The number of hydrogen-bond donors (Lipinski definition) is 2. The Morgan fingerprint density at radius 2 is 1.89 bits per heavy atom. The van der Waals surface area contributed by atoms with Crippen LogP contribution in [0.15, 0.2) is 30.3 Å². The topological polar surface area (TPSA) is 74.3 Å². The van der Waals surface area contributed by atoms with Gasteiger partial charge in [-0.2, -0.15) is 11.8 Å². The van der Waals surface area contributed by atoms with Gasteiger partial charge in [0.05, 0.1) is 5.69 Å². The number of carbonyl (C=O) groups excluding carboxylic acids is 2. The first-order valence-corrected chi connectivity index (χ1v) is 10.9. The number of thioether (sulfide) groups is 1. The van der Waals surface area contributed by atoms with Crippen molar-refractivity contribution in [2.75, 3.05) is 29.9 Å². The Labute approximate surface area is 167 Å². The monoisotopic (exact) mass is 404 g/mol. The number of thiazole rings is 1. The second kappa shape index (κ2) is 9.23. The zero-order valence-corrected chi connectivity index (χ0v) is 17.2. The van der Waals surface area contributed by atoms with Crippen molar-refractivity contribution in [3.05, 3.63) is 46.5 Å². The summed E-state index contributed by atoms with van der Waals surface area (Å²) in [7, 11) is 0. The number of nitrogens with one attached hydrogen (secondary N) is 2. The van der Waals surface area contributed by atoms with Gasteiger partial charge >= 0.3 is 6.03 Å². The van der Waals surface area contributed by atoms with E-state index in [1.165, 1.54) is 11.3 Å². The predicted octanol–water partition coefficient (Wildman–Crippen LogP) is 3.07. The molecule has 1 aliphatic rings. The summed E-state index contributed by atoms with van der Waals surface area (Å²) in [5, 5.41) is 6.35. The highest BCUT2D eigenvalue weighted by Gasteiger charge is 2.25. The largest absolute Gasteiger partial charge is 0.326 e. The third-order valence-electron chi connectivity index (χ3n) is 4.45. The van der Waals surface area contributed by atoms with E-state index in [9.17, 15) is 9.59 Å². The van der Waals surface area contributed by atoms with Crippen LogP contribution in [0.4, 0.5) is 9.93 Å². The van der Waals surface area contributed by atoms with E-state index in [-0.39, 0.29) is 11.9 Å². The second-order valence-electron chi connectivity index (χ2n) is 6.44. The van der Waals surface area contributed by atoms with Crippen molar-refractivity contribution in [3.63, 3.8) is 0 Å². The Kier molecular flexibility index (Phi) is 6.73. The lowest BCUT2D eigenvalue weighted by molar-refractivity contribution is -0.118. The van der Waals surface area contributed by atoms with Crippen molar-refractivity contribution in [1.82, 2.24) is 15.2 Å². The molecular weight excluding hydrogens is 380 g/mol. The van der Waals surface area contributed by atoms with E-state index in [2.05, 4.69) is 15.6 Å². The van der Waals surface area contributed by atoms with E-state index in [0.717, 1.165) is 27.6 Å². The molecule has 1 aromatic carbocycles. The van der Waals surface area contributed by atoms with Gasteiger partial charge in [-0.3, -0.25) is 4.79 Å². The van der Waals surface area contributed by atoms with Crippen LogP contribution in [0.25, 0.3) is 0 Å². The van der Waals surface area contributed by atoms with Crippen LogP contribution in [0.5, 0.6) is 0 Å². The minimum absolute atomic E-state index is 0.183. The standard InChI is InChI=1S/C19H24N4O2S2/c1-13-14(2)27-18(20-13)22-17(24)16(12-15-6-4-3-5-7-15)21-19(25)23-8-10-26-11-9-23/h3-7,16H,8-12H2,1-2H3,(H,21,25)(H,20,22,24)/t16-/m1/s1. The smallest absolute Gasteiger partial charge is 0.318 e. The molecule has 0 aliphatic carbocycles. The molecule has 2 aromatic rings. The van der Waals surface area contributed by atoms with Crippen molar-refractivity contribution in [2.45, 2.75) is 26.3 Å². The van der Waals surface area contributed by atoms with Gasteiger partial charge in [0.1, 0.15) is 6.04 Å². The number of aromatic nitrogens is 1. The van der Waals surface area contributed by atoms with Gasteiger partial charge in [0, 0.05) is 35.9 Å². The van der Waals surface area contributed by atoms with E-state index < -0.39 is 6.04 Å². The number of anilines is 1. The minimum Gasteiger partial charge on any atom is -0.326 e. The molecule has 144 valence electrons. The molecule has 0 bridgehead atoms. The highest BCUT2D eigenvalue weighted by Crippen LogP contribution is 2.21. The molecule has 2 N–H and O–H groups in total. The lowest BCUT2D eigenvalue weighted by Crippen LogP contribution is -2.52. The fraction of sp³-hybridized carbons (Fsp3) is 0.421. The SMILES string of the molecule is Cc1nc(NC(=O)[C@@H](Cc2ccccc2)NC(=O)N2CCSCC2)sc1C. The first kappa shape index (κ1) is 19.7. The average Bonchev–Trinajstić information content (AvgIpc) is 2.99. The zero-order chi connectivity index (χ0) is 19.2. The molecule has 3 rings (SSSR count). The molecular formula is C19H24N4O2S2. The third-order valence-corrected chi connectivity index (χ3v) is 6.38. The van der Waals surface area contributed by atoms with E-state index in [4.69, 9.17) is 0 Å². The summed E-state index contributed by atoms with van der Waals surface area (Å²) >= 11 is 3.29. The van der Waals surface area contributed by atoms with Crippen LogP contribution in [-0.4, -0.2) is 52.5 Å². The molecule has 2 heterocycles. The molecule has 0 unspecified atom stereocenters. The van der Waals surface area contributed by atoms with Gasteiger partial charge in [-0.25, -0.2) is 9.78 Å². The van der Waals surface area contributed by atoms with Crippen LogP contribution in [0.1, 0.15) is 16.1 Å². The number of rotatable bonds is 5. The molecule has 3 amide bonds. The number of carbonyl (C=O) groups is 2. The highest BCUT2D eigenvalue weighted by atomic mass is 32.2. The quantitative estimate of drug-likeness (QED) is 0.803. The summed E-state index contributed by atoms with van der Waals surface area (Å²) in [6.45, 7) is 5.31. The Hall–Kier alpha value is -2.06. The lowest BCUT2D eigenvalue weighted by atomic mass is 10.1. The average molecular weight is 405 g/mol. The normalized spacial score (nSPS) is 15.3. The maximum atomic E-state index is 12.9. The molecule has 6 nitrogen and oxygen atoms in total. The fourth-order valence-corrected chi connectivity index (χ4v) is 4.51. The van der Waals surface area contributed by atoms with Crippen molar-refractivity contribution in [2.24, 2.45) is 0 Å². The van der Waals surface area contributed by atoms with Crippen LogP contribution in [0, 0.1) is 13.8 Å². The molecule has 1 atom stereocenters. The van der Waals surface area contributed by atoms with Gasteiger partial charge in [-0.05, 0) is 19.4 Å². The van der Waals surface area contributed by atoms with Gasteiger partial charge in [0.25, 0.3) is 0 Å². The first-order valence-electron chi connectivity index (χ1n) is 8.95. The molecule has 1 fully saturated rings. The van der Waals surface area contributed by atoms with Crippen LogP contribution in [0.2, 0.25) is 0 Å². The maximum Gasteiger partial charge on any atom is 0.318 e. The second-order valence-corrected chi connectivity index (χ2v) is 8.87. The van der Waals surface area contributed by atoms with Crippen molar-refractivity contribution in [3.8, 4) is 0 Å². The lowest BCUT2D eigenvalue weighted by Gasteiger charge is -2.28. The van der Waals surface area contributed by atoms with Gasteiger partial charge in [0.15, 0.2) is 5.13 Å². The molecule has 0 saturated carbocycles. The Balaban J connectivity index is 1.71. The molecule has 1 aliphatic heterocycles. The number of amides is 3. The Morgan fingerprint density at radius 3 is 2.52 bits per heavy atom. The van der Waals surface area contributed by atoms with Gasteiger partial charge in [0.2, 0.25) is 5.91 Å². The van der Waals surface area contributed by atoms with Gasteiger partial charge in [-0.15, -0.1) is 11.3 Å². The van der Waals surface area contributed by atoms with Crippen molar-refractivity contribution < 1.29 is 9.59 Å². The summed E-state index contributed by atoms with van der Waals surface area (Å²) in [5.74, 6) is 1.62. The number of nitrogens with zero attached hydrogens (tertiary/aromatic N) is 2. The predicted molar refractivity (Wildman–Crippen MR) is 112 cm³/mol. The molecule has 8 heteroatoms. The summed E-state index contributed by atoms with van der Waals surface area (Å²) in [5.41, 5.74) is 1.91. The van der Waals surface area contributed by atoms with E-state index in [1.54, 1.807) is 4.90 Å². The Morgan fingerprint density at radius 1 is 1.19 bits per heavy atom. The fourth-order valence-electron chi connectivity index (χ4n) is 2.78. The molecule has 1 aromatic heterocycles. The summed E-state index contributed by atoms with van der Waals surface area (Å²) in [4.78, 5) is 32.7. The summed E-state index contributed by atoms with van der Waals surface area (Å²) < 4.78 is 0. The summed E-state index contributed by atoms with van der Waals surface area (Å²) in [6, 6.07) is 8.88. The number of benzene rings is 1. The summed E-state index contributed by atoms with van der Waals surface area (Å²) in [6.07, 6.45) is 0.435. The van der Waals surface area contributed by atoms with Crippen molar-refractivity contribution >= 4 is 40.2 Å². The van der Waals surface area contributed by atoms with Gasteiger partial charge < -0.3 is 15.5 Å². The third kappa shape index (κ3) is 5.46. The number of hydrogen-bond acceptors (Lipinski definition) is 5. The number of aryl methyl sites for hydroxylation is 2. The van der Waals surface area contributed by atoms with Crippen molar-refractivity contribution in [1.29, 1.82) is 0 Å². The maximum absolute atomic E-state index is 12.9. The van der Waals surface area contributed by atoms with E-state index >= 15 is 0 Å². The minimum atomic E-state index is -0.654.